The second-order valence-electron chi connectivity index (χ2n) is 13.4. The zero-order valence-corrected chi connectivity index (χ0v) is 28.5. The van der Waals surface area contributed by atoms with Gasteiger partial charge in [0.1, 0.15) is 0 Å². The van der Waals surface area contributed by atoms with E-state index in [1.807, 2.05) is 0 Å². The molecule has 0 saturated carbocycles. The molecule has 0 bridgehead atoms. The van der Waals surface area contributed by atoms with Crippen molar-refractivity contribution in [3.63, 3.8) is 0 Å². The molecule has 0 atom stereocenters. The Morgan fingerprint density at radius 1 is 0.365 bits per heavy atom. The van der Waals surface area contributed by atoms with Gasteiger partial charge in [-0.1, -0.05) is 152 Å². The molecule has 0 saturated heterocycles. The molecule has 52 heavy (non-hydrogen) atoms. The van der Waals surface area contributed by atoms with Gasteiger partial charge in [0, 0.05) is 33.4 Å². The Bertz CT molecular complexity index is 2900. The lowest BCUT2D eigenvalue weighted by Gasteiger charge is -2.28. The van der Waals surface area contributed by atoms with E-state index >= 15 is 0 Å². The molecule has 1 aromatic heterocycles. The zero-order valence-electron chi connectivity index (χ0n) is 28.5. The Balaban J connectivity index is 1.27. The highest BCUT2D eigenvalue weighted by Gasteiger charge is 2.22. The highest BCUT2D eigenvalue weighted by molar-refractivity contribution is 6.23. The van der Waals surface area contributed by atoms with Crippen molar-refractivity contribution in [2.24, 2.45) is 0 Å². The lowest BCUT2D eigenvalue weighted by molar-refractivity contribution is 1.18. The molecular formula is C50H34N2. The predicted molar refractivity (Wildman–Crippen MR) is 221 cm³/mol. The molecule has 9 aromatic carbocycles. The molecule has 0 aliphatic heterocycles. The van der Waals surface area contributed by atoms with Crippen molar-refractivity contribution in [2.45, 2.75) is 0 Å². The van der Waals surface area contributed by atoms with Gasteiger partial charge in [0.2, 0.25) is 0 Å². The van der Waals surface area contributed by atoms with Crippen LogP contribution in [-0.2, 0) is 0 Å². The highest BCUT2D eigenvalue weighted by atomic mass is 15.1. The average molecular weight is 663 g/mol. The Kier molecular flexibility index (Phi) is 7.18. The van der Waals surface area contributed by atoms with Gasteiger partial charge in [-0.25, -0.2) is 0 Å². The van der Waals surface area contributed by atoms with E-state index in [1.165, 1.54) is 65.6 Å². The maximum absolute atomic E-state index is 2.42. The Morgan fingerprint density at radius 3 is 1.85 bits per heavy atom. The van der Waals surface area contributed by atoms with Crippen molar-refractivity contribution in [1.29, 1.82) is 0 Å². The molecule has 0 unspecified atom stereocenters. The first kappa shape index (κ1) is 30.0. The summed E-state index contributed by atoms with van der Waals surface area (Å²) in [4.78, 5) is 2.42. The van der Waals surface area contributed by atoms with E-state index < -0.39 is 0 Å². The SMILES string of the molecule is c1ccc(-c2ccccc2N(c2cccc(-c3c4ccccc4cc4c3c3ccccc3n4-c3ccccc3)c2)c2ccc3ccccc3c2)cc1. The fourth-order valence-electron chi connectivity index (χ4n) is 8.02. The van der Waals surface area contributed by atoms with Crippen LogP contribution in [0.2, 0.25) is 0 Å². The number of fused-ring (bicyclic) bond motifs is 5. The molecule has 0 radical (unpaired) electrons. The van der Waals surface area contributed by atoms with Crippen molar-refractivity contribution in [1.82, 2.24) is 4.57 Å². The number of nitrogens with zero attached hydrogens (tertiary/aromatic N) is 2. The molecule has 0 amide bonds. The quantitative estimate of drug-likeness (QED) is 0.172. The molecule has 2 nitrogen and oxygen atoms in total. The van der Waals surface area contributed by atoms with E-state index in [4.69, 9.17) is 0 Å². The minimum atomic E-state index is 1.10. The van der Waals surface area contributed by atoms with Crippen molar-refractivity contribution >= 4 is 60.4 Å². The van der Waals surface area contributed by atoms with Crippen LogP contribution in [-0.4, -0.2) is 4.57 Å². The fraction of sp³-hybridized carbons (Fsp3) is 0. The topological polar surface area (TPSA) is 8.17 Å². The normalized spacial score (nSPS) is 11.5. The summed E-state index contributed by atoms with van der Waals surface area (Å²) in [6.45, 7) is 0. The molecule has 244 valence electrons. The molecule has 10 rings (SSSR count). The molecule has 0 aliphatic rings. The monoisotopic (exact) mass is 662 g/mol. The van der Waals surface area contributed by atoms with Gasteiger partial charge in [-0.3, -0.25) is 0 Å². The first-order valence-corrected chi connectivity index (χ1v) is 17.9. The van der Waals surface area contributed by atoms with Crippen molar-refractivity contribution < 1.29 is 0 Å². The van der Waals surface area contributed by atoms with Crippen molar-refractivity contribution in [2.75, 3.05) is 4.90 Å². The van der Waals surface area contributed by atoms with Gasteiger partial charge in [-0.2, -0.15) is 0 Å². The van der Waals surface area contributed by atoms with Crippen LogP contribution in [0.3, 0.4) is 0 Å². The van der Waals surface area contributed by atoms with Gasteiger partial charge < -0.3 is 9.47 Å². The molecule has 0 fully saturated rings. The maximum Gasteiger partial charge on any atom is 0.0553 e. The minimum absolute atomic E-state index is 1.10. The van der Waals surface area contributed by atoms with Crippen LogP contribution in [0.5, 0.6) is 0 Å². The van der Waals surface area contributed by atoms with E-state index in [1.54, 1.807) is 0 Å². The smallest absolute Gasteiger partial charge is 0.0553 e. The standard InChI is InChI=1S/C50H34N2/c1-3-17-36(18-4-1)43-25-11-13-28-46(43)51(42-31-30-35-16-7-8-19-37(35)32-42)41-24-15-21-39(33-41)49-44-26-10-9-20-38(44)34-48-50(49)45-27-12-14-29-47(45)52(48)40-22-5-2-6-23-40/h1-34H. The number of rotatable bonds is 6. The largest absolute Gasteiger partial charge is 0.310 e. The van der Waals surface area contributed by atoms with Crippen LogP contribution in [0.4, 0.5) is 17.1 Å². The van der Waals surface area contributed by atoms with E-state index in [0.717, 1.165) is 22.7 Å². The van der Waals surface area contributed by atoms with Gasteiger partial charge in [-0.05, 0) is 92.8 Å². The third-order valence-electron chi connectivity index (χ3n) is 10.3. The van der Waals surface area contributed by atoms with E-state index in [9.17, 15) is 0 Å². The van der Waals surface area contributed by atoms with Crippen LogP contribution in [0.25, 0.3) is 71.3 Å². The Morgan fingerprint density at radius 2 is 1.00 bits per heavy atom. The van der Waals surface area contributed by atoms with E-state index in [-0.39, 0.29) is 0 Å². The summed E-state index contributed by atoms with van der Waals surface area (Å²) < 4.78 is 2.42. The molecule has 2 heteroatoms. The van der Waals surface area contributed by atoms with Gasteiger partial charge in [-0.15, -0.1) is 0 Å². The van der Waals surface area contributed by atoms with E-state index in [0.29, 0.717) is 0 Å². The van der Waals surface area contributed by atoms with Crippen LogP contribution in [0, 0.1) is 0 Å². The highest BCUT2D eigenvalue weighted by Crippen LogP contribution is 2.46. The summed E-state index contributed by atoms with van der Waals surface area (Å²) in [5.41, 5.74) is 11.7. The van der Waals surface area contributed by atoms with Gasteiger partial charge in [0.15, 0.2) is 0 Å². The first-order valence-electron chi connectivity index (χ1n) is 17.9. The molecule has 0 spiro atoms. The molecule has 1 heterocycles. The molecule has 0 N–H and O–H groups in total. The summed E-state index contributed by atoms with van der Waals surface area (Å²) in [6, 6.07) is 74.7. The summed E-state index contributed by atoms with van der Waals surface area (Å²) in [6.07, 6.45) is 0. The number of hydrogen-bond donors (Lipinski definition) is 0. The maximum atomic E-state index is 2.42. The molecular weight excluding hydrogens is 629 g/mol. The second-order valence-corrected chi connectivity index (χ2v) is 13.4. The summed E-state index contributed by atoms with van der Waals surface area (Å²) in [7, 11) is 0. The lowest BCUT2D eigenvalue weighted by Crippen LogP contribution is -2.11. The van der Waals surface area contributed by atoms with Crippen LogP contribution in [0.15, 0.2) is 206 Å². The number of aromatic nitrogens is 1. The third-order valence-corrected chi connectivity index (χ3v) is 10.3. The predicted octanol–water partition coefficient (Wildman–Crippen LogP) is 13.9. The van der Waals surface area contributed by atoms with Crippen molar-refractivity contribution in [3.05, 3.63) is 206 Å². The summed E-state index contributed by atoms with van der Waals surface area (Å²) >= 11 is 0. The van der Waals surface area contributed by atoms with Crippen LogP contribution >= 0.6 is 0 Å². The van der Waals surface area contributed by atoms with Crippen molar-refractivity contribution in [3.8, 4) is 27.9 Å². The molecule has 10 aromatic rings. The van der Waals surface area contributed by atoms with Gasteiger partial charge in [0.25, 0.3) is 0 Å². The number of para-hydroxylation sites is 3. The zero-order chi connectivity index (χ0) is 34.4. The average Bonchev–Trinajstić information content (AvgIpc) is 3.54. The first-order chi connectivity index (χ1) is 25.8. The Hall–Kier alpha value is -6.90. The van der Waals surface area contributed by atoms with Crippen LogP contribution < -0.4 is 4.90 Å². The number of benzene rings is 9. The summed E-state index contributed by atoms with van der Waals surface area (Å²) in [5.74, 6) is 0. The van der Waals surface area contributed by atoms with Gasteiger partial charge in [0.05, 0.1) is 16.7 Å². The number of anilines is 3. The fourth-order valence-corrected chi connectivity index (χ4v) is 8.02. The molecule has 0 aliphatic carbocycles. The number of hydrogen-bond acceptors (Lipinski definition) is 1. The van der Waals surface area contributed by atoms with E-state index in [2.05, 4.69) is 216 Å². The minimum Gasteiger partial charge on any atom is -0.310 e. The third kappa shape index (κ3) is 4.96. The van der Waals surface area contributed by atoms with Gasteiger partial charge >= 0.3 is 0 Å². The Labute approximate surface area is 303 Å². The summed E-state index contributed by atoms with van der Waals surface area (Å²) in [5, 5.41) is 7.40. The second kappa shape index (κ2) is 12.5. The lowest BCUT2D eigenvalue weighted by atomic mass is 9.92. The van der Waals surface area contributed by atoms with Crippen LogP contribution in [0.1, 0.15) is 0 Å².